The van der Waals surface area contributed by atoms with Crippen molar-refractivity contribution in [3.8, 4) is 0 Å². The highest BCUT2D eigenvalue weighted by Crippen LogP contribution is 2.56. The van der Waals surface area contributed by atoms with Crippen LogP contribution in [0.3, 0.4) is 0 Å². The van der Waals surface area contributed by atoms with Gasteiger partial charge in [0.1, 0.15) is 0 Å². The van der Waals surface area contributed by atoms with Crippen LogP contribution in [0.5, 0.6) is 0 Å². The molecule has 0 aliphatic rings. The Labute approximate surface area is 108 Å². The summed E-state index contributed by atoms with van der Waals surface area (Å²) in [6, 6.07) is 0. The highest BCUT2D eigenvalue weighted by molar-refractivity contribution is 8.67. The summed E-state index contributed by atoms with van der Waals surface area (Å²) in [6.45, 7) is 4.42. The molecule has 0 aliphatic heterocycles. The quantitative estimate of drug-likeness (QED) is 0.266. The van der Waals surface area contributed by atoms with E-state index in [1.54, 1.807) is 6.92 Å². The van der Waals surface area contributed by atoms with Crippen molar-refractivity contribution < 1.29 is 14.5 Å². The highest BCUT2D eigenvalue weighted by atomic mass is 32.9. The molecular weight excluding hydrogens is 263 g/mol. The van der Waals surface area contributed by atoms with Crippen LogP contribution in [-0.4, -0.2) is 17.3 Å². The van der Waals surface area contributed by atoms with Crippen molar-refractivity contribution in [3.63, 3.8) is 0 Å². The summed E-state index contributed by atoms with van der Waals surface area (Å²) in [5, 5.41) is 0. The number of unbranched alkanes of at least 4 members (excludes halogenated alkanes) is 5. The molecule has 0 bridgehead atoms. The topological polar surface area (TPSA) is 38.7 Å². The van der Waals surface area contributed by atoms with Gasteiger partial charge in [-0.2, -0.15) is 4.67 Å². The van der Waals surface area contributed by atoms with Gasteiger partial charge in [-0.3, -0.25) is 0 Å². The maximum atomic E-state index is 9.63. The number of hydrogen-bond acceptors (Lipinski definition) is 4. The predicted octanol–water partition coefficient (Wildman–Crippen LogP) is 4.27. The second kappa shape index (κ2) is 11.0. The van der Waals surface area contributed by atoms with Gasteiger partial charge in [-0.15, -0.1) is 0 Å². The number of rotatable bonds is 11. The maximum absolute atomic E-state index is 9.63. The Morgan fingerprint density at radius 3 is 2.38 bits per heavy atom. The van der Waals surface area contributed by atoms with E-state index < -0.39 is 5.69 Å². The molecular formula is C10H23O3PS2. The van der Waals surface area contributed by atoms with Gasteiger partial charge in [0.2, 0.25) is 0 Å². The van der Waals surface area contributed by atoms with Crippen LogP contribution in [0, 0.1) is 0 Å². The third-order valence-electron chi connectivity index (χ3n) is 2.02. The molecule has 0 spiro atoms. The van der Waals surface area contributed by atoms with Crippen molar-refractivity contribution in [2.24, 2.45) is 0 Å². The zero-order valence-electron chi connectivity index (χ0n) is 10.2. The van der Waals surface area contributed by atoms with Crippen molar-refractivity contribution in [1.82, 2.24) is 0 Å². The van der Waals surface area contributed by atoms with Crippen molar-refractivity contribution >= 4 is 28.9 Å². The minimum atomic E-state index is -2.74. The summed E-state index contributed by atoms with van der Waals surface area (Å²) in [6.07, 6.45) is 7.46. The SMILES string of the molecule is CCCCCCCCSP(O)(=S)OOCC. The molecule has 98 valence electrons. The van der Waals surface area contributed by atoms with E-state index in [4.69, 9.17) is 16.5 Å². The summed E-state index contributed by atoms with van der Waals surface area (Å²) in [5.74, 6) is 0.854. The van der Waals surface area contributed by atoms with Crippen LogP contribution < -0.4 is 0 Å². The Balaban J connectivity index is 3.32. The predicted molar refractivity (Wildman–Crippen MR) is 75.0 cm³/mol. The van der Waals surface area contributed by atoms with Crippen LogP contribution in [0.2, 0.25) is 0 Å². The molecule has 0 fully saturated rings. The van der Waals surface area contributed by atoms with E-state index in [0.29, 0.717) is 6.61 Å². The van der Waals surface area contributed by atoms with Gasteiger partial charge in [-0.1, -0.05) is 50.4 Å². The molecule has 0 aromatic heterocycles. The van der Waals surface area contributed by atoms with E-state index in [1.807, 2.05) is 0 Å². The Morgan fingerprint density at radius 1 is 1.12 bits per heavy atom. The molecule has 0 aliphatic carbocycles. The Bertz CT molecular complexity index is 203. The lowest BCUT2D eigenvalue weighted by molar-refractivity contribution is -0.198. The molecule has 0 radical (unpaired) electrons. The summed E-state index contributed by atoms with van der Waals surface area (Å²) in [4.78, 5) is 14.3. The first-order chi connectivity index (χ1) is 7.62. The summed E-state index contributed by atoms with van der Waals surface area (Å²) in [7, 11) is 0. The zero-order valence-corrected chi connectivity index (χ0v) is 12.7. The van der Waals surface area contributed by atoms with Gasteiger partial charge < -0.3 is 4.89 Å². The molecule has 0 rings (SSSR count). The van der Waals surface area contributed by atoms with Crippen LogP contribution in [0.15, 0.2) is 0 Å². The molecule has 0 aromatic rings. The van der Waals surface area contributed by atoms with Crippen molar-refractivity contribution in [1.29, 1.82) is 0 Å². The largest absolute Gasteiger partial charge is 0.336 e. The van der Waals surface area contributed by atoms with Crippen molar-refractivity contribution in [2.45, 2.75) is 52.4 Å². The smallest absolute Gasteiger partial charge is 0.275 e. The third-order valence-corrected chi connectivity index (χ3v) is 5.95. The lowest BCUT2D eigenvalue weighted by Gasteiger charge is -2.12. The van der Waals surface area contributed by atoms with Gasteiger partial charge in [0.25, 0.3) is 5.69 Å². The molecule has 3 nitrogen and oxygen atoms in total. The second-order valence-electron chi connectivity index (χ2n) is 3.55. The fourth-order valence-electron chi connectivity index (χ4n) is 1.20. The monoisotopic (exact) mass is 286 g/mol. The van der Waals surface area contributed by atoms with Gasteiger partial charge >= 0.3 is 0 Å². The van der Waals surface area contributed by atoms with E-state index in [1.165, 1.54) is 43.5 Å². The van der Waals surface area contributed by atoms with E-state index in [0.717, 1.165) is 12.2 Å². The molecule has 6 heteroatoms. The first-order valence-corrected chi connectivity index (χ1v) is 10.2. The maximum Gasteiger partial charge on any atom is 0.275 e. The Morgan fingerprint density at radius 2 is 1.75 bits per heavy atom. The average Bonchev–Trinajstić information content (AvgIpc) is 2.25. The molecule has 16 heavy (non-hydrogen) atoms. The molecule has 0 saturated heterocycles. The normalized spacial score (nSPS) is 14.9. The molecule has 1 N–H and O–H groups in total. The fourth-order valence-corrected chi connectivity index (χ4v) is 4.19. The van der Waals surface area contributed by atoms with Gasteiger partial charge in [0.05, 0.1) is 6.61 Å². The lowest BCUT2D eigenvalue weighted by Crippen LogP contribution is -1.90. The van der Waals surface area contributed by atoms with Crippen LogP contribution in [0.25, 0.3) is 0 Å². The van der Waals surface area contributed by atoms with Gasteiger partial charge in [0, 0.05) is 5.75 Å². The molecule has 0 amide bonds. The summed E-state index contributed by atoms with van der Waals surface area (Å²) >= 11 is 6.23. The van der Waals surface area contributed by atoms with E-state index in [2.05, 4.69) is 11.8 Å². The van der Waals surface area contributed by atoms with Crippen molar-refractivity contribution in [2.75, 3.05) is 12.4 Å². The van der Waals surface area contributed by atoms with Gasteiger partial charge in [0.15, 0.2) is 0 Å². The van der Waals surface area contributed by atoms with Gasteiger partial charge in [-0.05, 0) is 25.2 Å². The molecule has 0 heterocycles. The highest BCUT2D eigenvalue weighted by Gasteiger charge is 2.15. The Kier molecular flexibility index (Phi) is 11.6. The molecule has 1 unspecified atom stereocenters. The summed E-state index contributed by atoms with van der Waals surface area (Å²) < 4.78 is 4.77. The van der Waals surface area contributed by atoms with Crippen LogP contribution >= 0.6 is 17.1 Å². The van der Waals surface area contributed by atoms with E-state index in [9.17, 15) is 4.89 Å². The third kappa shape index (κ3) is 11.4. The first kappa shape index (κ1) is 16.9. The standard InChI is InChI=1S/C10H23O3PS2/c1-3-5-6-7-8-9-10-16-14(11,15)13-12-4-2/h3-10H2,1-2H3,(H,11,15). The molecule has 1 atom stereocenters. The fraction of sp³-hybridized carbons (Fsp3) is 1.00. The van der Waals surface area contributed by atoms with Crippen LogP contribution in [0.4, 0.5) is 0 Å². The van der Waals surface area contributed by atoms with E-state index >= 15 is 0 Å². The van der Waals surface area contributed by atoms with E-state index in [-0.39, 0.29) is 0 Å². The summed E-state index contributed by atoms with van der Waals surface area (Å²) in [5.41, 5.74) is -2.74. The van der Waals surface area contributed by atoms with Gasteiger partial charge in [-0.25, -0.2) is 4.89 Å². The first-order valence-electron chi connectivity index (χ1n) is 5.91. The van der Waals surface area contributed by atoms with Crippen LogP contribution in [0.1, 0.15) is 52.4 Å². The molecule has 0 aromatic carbocycles. The minimum absolute atomic E-state index is 0.413. The lowest BCUT2D eigenvalue weighted by atomic mass is 10.1. The number of hydrogen-bond donors (Lipinski definition) is 1. The zero-order chi connectivity index (χ0) is 12.3. The Hall–Kier alpha value is 0.880. The average molecular weight is 286 g/mol. The van der Waals surface area contributed by atoms with Crippen molar-refractivity contribution in [3.05, 3.63) is 0 Å². The van der Waals surface area contributed by atoms with Crippen LogP contribution in [-0.2, 0) is 21.4 Å². The molecule has 0 saturated carbocycles. The minimum Gasteiger partial charge on any atom is -0.336 e. The second-order valence-corrected chi connectivity index (χ2v) is 9.74.